The van der Waals surface area contributed by atoms with Crippen molar-refractivity contribution < 1.29 is 4.79 Å². The molecule has 2 aromatic heterocycles. The molecule has 2 rings (SSSR count). The first kappa shape index (κ1) is 19.9. The summed E-state index contributed by atoms with van der Waals surface area (Å²) in [6.45, 7) is 7.60. The number of thiophene rings is 1. The van der Waals surface area contributed by atoms with Crippen LogP contribution in [0.25, 0.3) is 0 Å². The fraction of sp³-hybridized carbons (Fsp3) is 0.421. The van der Waals surface area contributed by atoms with Gasteiger partial charge in [-0.15, -0.1) is 11.3 Å². The van der Waals surface area contributed by atoms with Crippen molar-refractivity contribution in [1.82, 2.24) is 15.6 Å². The number of aromatic nitrogens is 1. The van der Waals surface area contributed by atoms with Gasteiger partial charge < -0.3 is 16.0 Å². The molecule has 0 aliphatic rings. The molecule has 0 aliphatic heterocycles. The van der Waals surface area contributed by atoms with Crippen LogP contribution in [-0.4, -0.2) is 37.0 Å². The van der Waals surface area contributed by atoms with Crippen LogP contribution in [-0.2, 0) is 10.2 Å². The minimum absolute atomic E-state index is 0.0142. The van der Waals surface area contributed by atoms with Gasteiger partial charge >= 0.3 is 0 Å². The minimum Gasteiger partial charge on any atom is -0.356 e. The van der Waals surface area contributed by atoms with Gasteiger partial charge in [0, 0.05) is 43.0 Å². The first-order valence-electron chi connectivity index (χ1n) is 8.62. The van der Waals surface area contributed by atoms with Gasteiger partial charge in [-0.1, -0.05) is 26.0 Å². The second kappa shape index (κ2) is 9.33. The zero-order valence-electron chi connectivity index (χ0n) is 15.8. The Labute approximate surface area is 159 Å². The Kier molecular flexibility index (Phi) is 7.15. The van der Waals surface area contributed by atoms with Gasteiger partial charge in [0.25, 0.3) is 0 Å². The number of hydrogen-bond acceptors (Lipinski definition) is 4. The quantitative estimate of drug-likeness (QED) is 0.515. The molecule has 0 saturated heterocycles. The number of aliphatic imine (C=N–C) groups is 1. The molecule has 2 aromatic rings. The maximum atomic E-state index is 12.0. The molecule has 6 nitrogen and oxygen atoms in total. The zero-order chi connectivity index (χ0) is 19.0. The van der Waals surface area contributed by atoms with Gasteiger partial charge in [-0.3, -0.25) is 9.79 Å². The molecular weight excluding hydrogens is 346 g/mol. The van der Waals surface area contributed by atoms with E-state index in [0.29, 0.717) is 24.7 Å². The summed E-state index contributed by atoms with van der Waals surface area (Å²) in [7, 11) is 1.73. The number of nitrogens with zero attached hydrogens (tertiary/aromatic N) is 2. The van der Waals surface area contributed by atoms with Crippen molar-refractivity contribution >= 4 is 29.0 Å². The van der Waals surface area contributed by atoms with Crippen LogP contribution in [0, 0.1) is 6.92 Å². The van der Waals surface area contributed by atoms with Gasteiger partial charge in [-0.25, -0.2) is 4.98 Å². The summed E-state index contributed by atoms with van der Waals surface area (Å²) in [6, 6.07) is 7.93. The topological polar surface area (TPSA) is 78.4 Å². The molecule has 0 fully saturated rings. The summed E-state index contributed by atoms with van der Waals surface area (Å²) in [5.74, 6) is 1.18. The van der Waals surface area contributed by atoms with Crippen molar-refractivity contribution in [3.63, 3.8) is 0 Å². The molecule has 0 bridgehead atoms. The molecule has 0 spiro atoms. The summed E-state index contributed by atoms with van der Waals surface area (Å²) in [5.41, 5.74) is 1.07. The van der Waals surface area contributed by atoms with Crippen LogP contribution in [0.5, 0.6) is 0 Å². The second-order valence-electron chi connectivity index (χ2n) is 6.73. The van der Waals surface area contributed by atoms with Crippen molar-refractivity contribution in [3.05, 3.63) is 46.3 Å². The van der Waals surface area contributed by atoms with Crippen molar-refractivity contribution in [3.8, 4) is 0 Å². The monoisotopic (exact) mass is 373 g/mol. The number of guanidine groups is 1. The summed E-state index contributed by atoms with van der Waals surface area (Å²) >= 11 is 1.75. The number of rotatable bonds is 7. The predicted octanol–water partition coefficient (Wildman–Crippen LogP) is 2.92. The third kappa shape index (κ3) is 6.15. The maximum Gasteiger partial charge on any atom is 0.227 e. The van der Waals surface area contributed by atoms with E-state index in [4.69, 9.17) is 0 Å². The molecule has 0 aromatic carbocycles. The molecule has 0 aliphatic carbocycles. The third-order valence-corrected chi connectivity index (χ3v) is 5.17. The third-order valence-electron chi connectivity index (χ3n) is 3.93. The molecule has 26 heavy (non-hydrogen) atoms. The Morgan fingerprint density at radius 2 is 2.08 bits per heavy atom. The molecule has 0 atom stereocenters. The number of anilines is 1. The normalized spacial score (nSPS) is 11.9. The van der Waals surface area contributed by atoms with Crippen LogP contribution in [0.2, 0.25) is 0 Å². The maximum absolute atomic E-state index is 12.0. The van der Waals surface area contributed by atoms with E-state index < -0.39 is 0 Å². The van der Waals surface area contributed by atoms with Crippen molar-refractivity contribution in [2.45, 2.75) is 32.6 Å². The first-order chi connectivity index (χ1) is 12.4. The van der Waals surface area contributed by atoms with E-state index in [9.17, 15) is 4.79 Å². The summed E-state index contributed by atoms with van der Waals surface area (Å²) < 4.78 is 0. The van der Waals surface area contributed by atoms with E-state index in [2.05, 4.69) is 57.3 Å². The fourth-order valence-corrected chi connectivity index (χ4v) is 3.17. The summed E-state index contributed by atoms with van der Waals surface area (Å²) in [5, 5.41) is 11.4. The first-order valence-corrected chi connectivity index (χ1v) is 9.50. The van der Waals surface area contributed by atoms with E-state index in [1.54, 1.807) is 30.6 Å². The Hall–Kier alpha value is -2.41. The highest BCUT2D eigenvalue weighted by Crippen LogP contribution is 2.26. The van der Waals surface area contributed by atoms with Crippen LogP contribution in [0.15, 0.2) is 40.8 Å². The standard InChI is InChI=1S/C19H27N5OS/c1-14-7-8-16(22-12-14)24-17(25)9-10-21-18(20-4)23-13-19(2,3)15-6-5-11-26-15/h5-8,11-12H,9-10,13H2,1-4H3,(H2,20,21,23)(H,22,24,25). The second-order valence-corrected chi connectivity index (χ2v) is 7.68. The van der Waals surface area contributed by atoms with Crippen LogP contribution in [0.3, 0.4) is 0 Å². The van der Waals surface area contributed by atoms with Gasteiger partial charge in [-0.05, 0) is 30.0 Å². The predicted molar refractivity (Wildman–Crippen MR) is 109 cm³/mol. The SMILES string of the molecule is CN=C(NCCC(=O)Nc1ccc(C)cn1)NCC(C)(C)c1cccs1. The van der Waals surface area contributed by atoms with Gasteiger partial charge in [0.05, 0.1) is 0 Å². The van der Waals surface area contributed by atoms with Crippen LogP contribution < -0.4 is 16.0 Å². The van der Waals surface area contributed by atoms with E-state index in [-0.39, 0.29) is 11.3 Å². The summed E-state index contributed by atoms with van der Waals surface area (Å²) in [4.78, 5) is 21.7. The Bertz CT molecular complexity index is 723. The molecule has 0 unspecified atom stereocenters. The Morgan fingerprint density at radius 1 is 1.27 bits per heavy atom. The molecule has 2 heterocycles. The molecule has 0 saturated carbocycles. The van der Waals surface area contributed by atoms with E-state index in [1.165, 1.54) is 4.88 Å². The number of nitrogens with one attached hydrogen (secondary N) is 3. The zero-order valence-corrected chi connectivity index (χ0v) is 16.6. The number of pyridine rings is 1. The van der Waals surface area contributed by atoms with Crippen LogP contribution in [0.4, 0.5) is 5.82 Å². The number of carbonyl (C=O) groups is 1. The summed E-state index contributed by atoms with van der Waals surface area (Å²) in [6.07, 6.45) is 2.07. The van der Waals surface area contributed by atoms with Crippen LogP contribution >= 0.6 is 11.3 Å². The lowest BCUT2D eigenvalue weighted by atomic mass is 9.91. The minimum atomic E-state index is -0.0804. The highest BCUT2D eigenvalue weighted by atomic mass is 32.1. The number of hydrogen-bond donors (Lipinski definition) is 3. The smallest absolute Gasteiger partial charge is 0.227 e. The van der Waals surface area contributed by atoms with Gasteiger partial charge in [-0.2, -0.15) is 0 Å². The van der Waals surface area contributed by atoms with Crippen molar-refractivity contribution in [2.75, 3.05) is 25.5 Å². The molecule has 140 valence electrons. The van der Waals surface area contributed by atoms with E-state index in [1.807, 2.05) is 13.0 Å². The largest absolute Gasteiger partial charge is 0.356 e. The van der Waals surface area contributed by atoms with Crippen LogP contribution in [0.1, 0.15) is 30.7 Å². The molecule has 7 heteroatoms. The van der Waals surface area contributed by atoms with Crippen molar-refractivity contribution in [2.24, 2.45) is 4.99 Å². The van der Waals surface area contributed by atoms with Gasteiger partial charge in [0.2, 0.25) is 5.91 Å². The van der Waals surface area contributed by atoms with Gasteiger partial charge in [0.15, 0.2) is 5.96 Å². The molecule has 1 amide bonds. The average molecular weight is 374 g/mol. The number of amides is 1. The van der Waals surface area contributed by atoms with Gasteiger partial charge in [0.1, 0.15) is 5.82 Å². The lowest BCUT2D eigenvalue weighted by molar-refractivity contribution is -0.116. The number of aryl methyl sites for hydroxylation is 1. The lowest BCUT2D eigenvalue weighted by Crippen LogP contribution is -2.43. The molecular formula is C19H27N5OS. The Balaban J connectivity index is 1.73. The fourth-order valence-electron chi connectivity index (χ4n) is 2.32. The average Bonchev–Trinajstić information content (AvgIpc) is 3.15. The number of carbonyl (C=O) groups excluding carboxylic acids is 1. The highest BCUT2D eigenvalue weighted by Gasteiger charge is 2.21. The van der Waals surface area contributed by atoms with E-state index >= 15 is 0 Å². The lowest BCUT2D eigenvalue weighted by Gasteiger charge is -2.25. The molecule has 0 radical (unpaired) electrons. The molecule has 3 N–H and O–H groups in total. The van der Waals surface area contributed by atoms with E-state index in [0.717, 1.165) is 12.1 Å². The van der Waals surface area contributed by atoms with Crippen molar-refractivity contribution in [1.29, 1.82) is 0 Å². The Morgan fingerprint density at radius 3 is 2.69 bits per heavy atom. The highest BCUT2D eigenvalue weighted by molar-refractivity contribution is 7.10.